The number of allylic oxidation sites excluding steroid dienone is 1. The zero-order chi connectivity index (χ0) is 25.0. The molecule has 3 unspecified atom stereocenters. The Bertz CT molecular complexity index is 720. The van der Waals surface area contributed by atoms with Gasteiger partial charge >= 0.3 is 17.9 Å². The van der Waals surface area contributed by atoms with Gasteiger partial charge in [-0.3, -0.25) is 14.4 Å². The molecule has 0 spiro atoms. The maximum absolute atomic E-state index is 11.7. The highest BCUT2D eigenvalue weighted by molar-refractivity contribution is 5.66. The minimum absolute atomic E-state index is 0.166. The molecule has 1 rings (SSSR count). The fourth-order valence-corrected chi connectivity index (χ4v) is 4.02. The summed E-state index contributed by atoms with van der Waals surface area (Å²) >= 11 is 0. The third kappa shape index (κ3) is 11.5. The molecule has 0 aliphatic carbocycles. The second kappa shape index (κ2) is 14.2. The third-order valence-electron chi connectivity index (χ3n) is 6.01. The Balaban J connectivity index is 2.80. The van der Waals surface area contributed by atoms with Crippen molar-refractivity contribution >= 4 is 17.9 Å². The average molecular weight is 467 g/mol. The van der Waals surface area contributed by atoms with Gasteiger partial charge in [-0.15, -0.1) is 0 Å². The van der Waals surface area contributed by atoms with E-state index in [1.807, 2.05) is 26.8 Å². The van der Waals surface area contributed by atoms with Gasteiger partial charge in [-0.25, -0.2) is 0 Å². The summed E-state index contributed by atoms with van der Waals surface area (Å²) in [6, 6.07) is 0. The summed E-state index contributed by atoms with van der Waals surface area (Å²) in [5.74, 6) is -0.733. The van der Waals surface area contributed by atoms with E-state index in [-0.39, 0.29) is 42.6 Å². The molecule has 1 aliphatic heterocycles. The van der Waals surface area contributed by atoms with Crippen LogP contribution >= 0.6 is 0 Å². The highest BCUT2D eigenvalue weighted by Crippen LogP contribution is 2.34. The Morgan fingerprint density at radius 3 is 2.39 bits per heavy atom. The molecule has 0 aromatic carbocycles. The number of rotatable bonds is 11. The standard InChI is InChI=1S/C26H42O7/c1-18(2)10-12-24(32-21(5)28)19(3)9-8-15-26(7)25(33-22(6)29)13-11-23(17-31-26)14-16-30-20(4)27/h10,14,19,24-25H,8-9,11-13,15-17H2,1-7H3/b23-14+/t19?,24?,25-,26?/m1/s1. The molecule has 0 saturated carbocycles. The van der Waals surface area contributed by atoms with Crippen molar-refractivity contribution in [3.05, 3.63) is 23.3 Å². The number of ether oxygens (including phenoxy) is 4. The first-order valence-electron chi connectivity index (χ1n) is 11.9. The van der Waals surface area contributed by atoms with Crippen molar-refractivity contribution in [2.45, 2.75) is 105 Å². The van der Waals surface area contributed by atoms with E-state index >= 15 is 0 Å². The van der Waals surface area contributed by atoms with Crippen LogP contribution < -0.4 is 0 Å². The fourth-order valence-electron chi connectivity index (χ4n) is 4.02. The molecule has 1 aliphatic rings. The molecular formula is C26H42O7. The lowest BCUT2D eigenvalue weighted by Crippen LogP contribution is -2.43. The van der Waals surface area contributed by atoms with E-state index in [0.717, 1.165) is 18.4 Å². The summed E-state index contributed by atoms with van der Waals surface area (Å²) in [5, 5.41) is 0. The lowest BCUT2D eigenvalue weighted by atomic mass is 9.86. The SMILES string of the molecule is CC(=O)OC/C=C1\CC[C@@H](OC(C)=O)C(C)(CCCC(C)C(CC=C(C)C)OC(C)=O)OC1. The van der Waals surface area contributed by atoms with E-state index in [1.54, 1.807) is 0 Å². The van der Waals surface area contributed by atoms with Crippen molar-refractivity contribution in [3.63, 3.8) is 0 Å². The zero-order valence-corrected chi connectivity index (χ0v) is 21.4. The Kier molecular flexibility index (Phi) is 12.4. The van der Waals surface area contributed by atoms with Crippen molar-refractivity contribution in [1.29, 1.82) is 0 Å². The van der Waals surface area contributed by atoms with Gasteiger partial charge in [0.15, 0.2) is 0 Å². The second-order valence-electron chi connectivity index (χ2n) is 9.44. The van der Waals surface area contributed by atoms with Crippen LogP contribution in [0, 0.1) is 5.92 Å². The van der Waals surface area contributed by atoms with Crippen LogP contribution in [0.25, 0.3) is 0 Å². The lowest BCUT2D eigenvalue weighted by Gasteiger charge is -2.35. The van der Waals surface area contributed by atoms with Gasteiger partial charge in [-0.05, 0) is 64.0 Å². The van der Waals surface area contributed by atoms with Crippen molar-refractivity contribution in [3.8, 4) is 0 Å². The first kappa shape index (κ1) is 28.9. The molecule has 0 aromatic heterocycles. The van der Waals surface area contributed by atoms with Crippen LogP contribution in [-0.2, 0) is 33.3 Å². The van der Waals surface area contributed by atoms with Crippen molar-refractivity contribution in [2.75, 3.05) is 13.2 Å². The van der Waals surface area contributed by atoms with Gasteiger partial charge in [-0.2, -0.15) is 0 Å². The molecule has 0 radical (unpaired) electrons. The van der Waals surface area contributed by atoms with Crippen LogP contribution in [-0.4, -0.2) is 48.9 Å². The highest BCUT2D eigenvalue weighted by Gasteiger charge is 2.39. The molecule has 7 heteroatoms. The van der Waals surface area contributed by atoms with Gasteiger partial charge in [0.05, 0.1) is 6.61 Å². The molecule has 1 fully saturated rings. The number of hydrogen-bond donors (Lipinski definition) is 0. The Labute approximate surface area is 198 Å². The summed E-state index contributed by atoms with van der Waals surface area (Å²) in [4.78, 5) is 34.3. The average Bonchev–Trinajstić information content (AvgIpc) is 2.84. The molecule has 0 amide bonds. The predicted molar refractivity (Wildman–Crippen MR) is 126 cm³/mol. The molecule has 33 heavy (non-hydrogen) atoms. The summed E-state index contributed by atoms with van der Waals surface area (Å²) in [5.41, 5.74) is 1.60. The number of esters is 3. The van der Waals surface area contributed by atoms with Crippen LogP contribution in [0.5, 0.6) is 0 Å². The van der Waals surface area contributed by atoms with Gasteiger partial charge in [0.1, 0.15) is 24.4 Å². The Morgan fingerprint density at radius 1 is 1.12 bits per heavy atom. The van der Waals surface area contributed by atoms with E-state index in [9.17, 15) is 14.4 Å². The highest BCUT2D eigenvalue weighted by atomic mass is 16.6. The summed E-state index contributed by atoms with van der Waals surface area (Å²) in [7, 11) is 0. The summed E-state index contributed by atoms with van der Waals surface area (Å²) < 4.78 is 22.5. The molecule has 188 valence electrons. The minimum atomic E-state index is -0.626. The topological polar surface area (TPSA) is 88.1 Å². The van der Waals surface area contributed by atoms with E-state index in [0.29, 0.717) is 32.3 Å². The van der Waals surface area contributed by atoms with Crippen molar-refractivity contribution < 1.29 is 33.3 Å². The second-order valence-corrected chi connectivity index (χ2v) is 9.44. The van der Waals surface area contributed by atoms with Crippen LogP contribution in [0.2, 0.25) is 0 Å². The third-order valence-corrected chi connectivity index (χ3v) is 6.01. The maximum Gasteiger partial charge on any atom is 0.303 e. The van der Waals surface area contributed by atoms with E-state index in [2.05, 4.69) is 13.0 Å². The molecular weight excluding hydrogens is 424 g/mol. The van der Waals surface area contributed by atoms with Crippen molar-refractivity contribution in [1.82, 2.24) is 0 Å². The monoisotopic (exact) mass is 466 g/mol. The fraction of sp³-hybridized carbons (Fsp3) is 0.731. The van der Waals surface area contributed by atoms with Crippen molar-refractivity contribution in [2.24, 2.45) is 5.92 Å². The Hall–Kier alpha value is -2.15. The van der Waals surface area contributed by atoms with Gasteiger partial charge < -0.3 is 18.9 Å². The summed E-state index contributed by atoms with van der Waals surface area (Å²) in [6.45, 7) is 13.0. The first-order chi connectivity index (χ1) is 15.4. The van der Waals surface area contributed by atoms with Gasteiger partial charge in [-0.1, -0.05) is 25.0 Å². The maximum atomic E-state index is 11.7. The largest absolute Gasteiger partial charge is 0.462 e. The first-order valence-corrected chi connectivity index (χ1v) is 11.9. The molecule has 4 atom stereocenters. The molecule has 1 heterocycles. The van der Waals surface area contributed by atoms with Crippen LogP contribution in [0.3, 0.4) is 0 Å². The van der Waals surface area contributed by atoms with Gasteiger partial charge in [0.2, 0.25) is 0 Å². The smallest absolute Gasteiger partial charge is 0.303 e. The lowest BCUT2D eigenvalue weighted by molar-refractivity contribution is -0.168. The van der Waals surface area contributed by atoms with E-state index in [4.69, 9.17) is 18.9 Å². The van der Waals surface area contributed by atoms with Crippen LogP contribution in [0.15, 0.2) is 23.3 Å². The quantitative estimate of drug-likeness (QED) is 0.239. The van der Waals surface area contributed by atoms with E-state index < -0.39 is 5.60 Å². The Morgan fingerprint density at radius 2 is 1.82 bits per heavy atom. The molecule has 7 nitrogen and oxygen atoms in total. The number of carbonyl (C=O) groups excluding carboxylic acids is 3. The van der Waals surface area contributed by atoms with Gasteiger partial charge in [0, 0.05) is 27.2 Å². The normalized spacial score (nSPS) is 23.7. The number of carbonyl (C=O) groups is 3. The van der Waals surface area contributed by atoms with Crippen LogP contribution in [0.4, 0.5) is 0 Å². The van der Waals surface area contributed by atoms with E-state index in [1.165, 1.54) is 26.3 Å². The summed E-state index contributed by atoms with van der Waals surface area (Å²) in [6.07, 6.45) is 7.90. The molecule has 0 bridgehead atoms. The minimum Gasteiger partial charge on any atom is -0.462 e. The molecule has 1 saturated heterocycles. The number of hydrogen-bond acceptors (Lipinski definition) is 7. The predicted octanol–water partition coefficient (Wildman–Crippen LogP) is 5.07. The molecule has 0 aromatic rings. The molecule has 0 N–H and O–H groups in total. The van der Waals surface area contributed by atoms with Crippen LogP contribution in [0.1, 0.15) is 87.0 Å². The van der Waals surface area contributed by atoms with Gasteiger partial charge in [0.25, 0.3) is 0 Å². The zero-order valence-electron chi connectivity index (χ0n) is 21.4.